The summed E-state index contributed by atoms with van der Waals surface area (Å²) in [5, 5.41) is 15.7. The zero-order valence-corrected chi connectivity index (χ0v) is 14.1. The minimum absolute atomic E-state index is 0.0427. The van der Waals surface area contributed by atoms with Gasteiger partial charge in [0, 0.05) is 5.90 Å². The SMILES string of the molecule is CCCC[n+]1[nH]n(-c2ccccc2)c(=O)c1C([O-])=Nc1ccccc1. The Bertz CT molecular complexity index is 912. The molecule has 0 aliphatic rings. The maximum atomic E-state index is 12.8. The fraction of sp³-hybridized carbons (Fsp3) is 0.211. The largest absolute Gasteiger partial charge is 0.855 e. The van der Waals surface area contributed by atoms with Crippen LogP contribution in [-0.4, -0.2) is 15.8 Å². The fourth-order valence-electron chi connectivity index (χ4n) is 2.55. The number of rotatable bonds is 6. The van der Waals surface area contributed by atoms with Crippen molar-refractivity contribution in [2.45, 2.75) is 26.3 Å². The van der Waals surface area contributed by atoms with E-state index in [1.165, 1.54) is 4.68 Å². The Morgan fingerprint density at radius 1 is 1.12 bits per heavy atom. The van der Waals surface area contributed by atoms with E-state index < -0.39 is 11.5 Å². The second-order valence-corrected chi connectivity index (χ2v) is 5.68. The number of aromatic nitrogens is 3. The van der Waals surface area contributed by atoms with E-state index in [1.54, 1.807) is 28.9 Å². The van der Waals surface area contributed by atoms with Crippen molar-refractivity contribution in [3.05, 3.63) is 76.7 Å². The molecule has 0 bridgehead atoms. The van der Waals surface area contributed by atoms with Gasteiger partial charge < -0.3 is 5.11 Å². The summed E-state index contributed by atoms with van der Waals surface area (Å²) in [6.07, 6.45) is 1.81. The Labute approximate surface area is 145 Å². The highest BCUT2D eigenvalue weighted by Crippen LogP contribution is 2.10. The zero-order chi connectivity index (χ0) is 17.6. The van der Waals surface area contributed by atoms with Crippen LogP contribution >= 0.6 is 0 Å². The molecule has 0 aliphatic carbocycles. The standard InChI is InChI=1S/C19H20N4O2/c1-2-3-14-22-17(18(24)20-15-10-6-4-7-11-15)19(25)23(21-22)16-12-8-5-9-13-16/h4-13H,2-3,14H2,1H3,(H-,20,21,24,25). The summed E-state index contributed by atoms with van der Waals surface area (Å²) in [7, 11) is 0. The van der Waals surface area contributed by atoms with E-state index in [9.17, 15) is 9.90 Å². The van der Waals surface area contributed by atoms with Crippen molar-refractivity contribution in [3.63, 3.8) is 0 Å². The molecule has 3 rings (SSSR count). The average molecular weight is 336 g/mol. The number of benzene rings is 2. The monoisotopic (exact) mass is 336 g/mol. The molecule has 6 nitrogen and oxygen atoms in total. The molecule has 0 amide bonds. The third kappa shape index (κ3) is 3.68. The fourth-order valence-corrected chi connectivity index (χ4v) is 2.55. The number of nitrogens with one attached hydrogen (secondary N) is 1. The van der Waals surface area contributed by atoms with Crippen LogP contribution in [-0.2, 0) is 6.54 Å². The lowest BCUT2D eigenvalue weighted by atomic mass is 10.3. The van der Waals surface area contributed by atoms with Crippen LogP contribution in [0.5, 0.6) is 0 Å². The van der Waals surface area contributed by atoms with Crippen molar-refractivity contribution in [1.82, 2.24) is 9.90 Å². The van der Waals surface area contributed by atoms with Crippen molar-refractivity contribution < 1.29 is 9.79 Å². The van der Waals surface area contributed by atoms with Crippen molar-refractivity contribution in [3.8, 4) is 5.69 Å². The highest BCUT2D eigenvalue weighted by atomic mass is 16.3. The van der Waals surface area contributed by atoms with Crippen LogP contribution in [0, 0.1) is 0 Å². The number of nitrogens with zero attached hydrogens (tertiary/aromatic N) is 3. The summed E-state index contributed by atoms with van der Waals surface area (Å²) in [5.74, 6) is -0.543. The van der Waals surface area contributed by atoms with Gasteiger partial charge in [0.15, 0.2) is 5.69 Å². The predicted octanol–water partition coefficient (Wildman–Crippen LogP) is 1.69. The van der Waals surface area contributed by atoms with E-state index in [0.717, 1.165) is 12.8 Å². The van der Waals surface area contributed by atoms with Crippen molar-refractivity contribution in [1.29, 1.82) is 0 Å². The highest BCUT2D eigenvalue weighted by Gasteiger charge is 2.22. The second-order valence-electron chi connectivity index (χ2n) is 5.68. The molecule has 6 heteroatoms. The van der Waals surface area contributed by atoms with Gasteiger partial charge in [0.05, 0.1) is 5.69 Å². The number of aryl methyl sites for hydroxylation is 1. The molecule has 3 aromatic rings. The number of hydrogen-bond acceptors (Lipinski definition) is 3. The molecule has 128 valence electrons. The molecule has 0 spiro atoms. The van der Waals surface area contributed by atoms with E-state index in [-0.39, 0.29) is 5.69 Å². The lowest BCUT2D eigenvalue weighted by Crippen LogP contribution is -2.46. The third-order valence-electron chi connectivity index (χ3n) is 3.84. The van der Waals surface area contributed by atoms with Crippen LogP contribution in [0.2, 0.25) is 0 Å². The number of hydrogen-bond donors (Lipinski definition) is 1. The molecule has 2 aromatic carbocycles. The molecule has 0 atom stereocenters. The number of para-hydroxylation sites is 2. The van der Waals surface area contributed by atoms with E-state index in [0.29, 0.717) is 17.9 Å². The van der Waals surface area contributed by atoms with Gasteiger partial charge in [-0.25, -0.2) is 4.79 Å². The van der Waals surface area contributed by atoms with Crippen molar-refractivity contribution in [2.75, 3.05) is 0 Å². The quantitative estimate of drug-likeness (QED) is 0.422. The summed E-state index contributed by atoms with van der Waals surface area (Å²) >= 11 is 0. The lowest BCUT2D eigenvalue weighted by Gasteiger charge is -2.06. The molecule has 1 aromatic heterocycles. The molecular weight excluding hydrogens is 316 g/mol. The van der Waals surface area contributed by atoms with Gasteiger partial charge in [-0.1, -0.05) is 59.6 Å². The average Bonchev–Trinajstić information content (AvgIpc) is 2.98. The van der Waals surface area contributed by atoms with Crippen LogP contribution in [0.1, 0.15) is 25.5 Å². The molecule has 0 aliphatic heterocycles. The van der Waals surface area contributed by atoms with Crippen LogP contribution in [0.4, 0.5) is 5.69 Å². The van der Waals surface area contributed by atoms with Gasteiger partial charge in [-0.05, 0) is 30.7 Å². The minimum atomic E-state index is -0.543. The molecular formula is C19H20N4O2. The van der Waals surface area contributed by atoms with Crippen LogP contribution in [0.3, 0.4) is 0 Å². The molecule has 0 saturated heterocycles. The van der Waals surface area contributed by atoms with Gasteiger partial charge in [0.1, 0.15) is 6.54 Å². The van der Waals surface area contributed by atoms with E-state index in [4.69, 9.17) is 0 Å². The zero-order valence-electron chi connectivity index (χ0n) is 14.1. The molecule has 0 saturated carbocycles. The van der Waals surface area contributed by atoms with Gasteiger partial charge in [-0.3, -0.25) is 4.99 Å². The second kappa shape index (κ2) is 7.61. The Morgan fingerprint density at radius 2 is 1.76 bits per heavy atom. The van der Waals surface area contributed by atoms with Gasteiger partial charge in [0.2, 0.25) is 5.69 Å². The van der Waals surface area contributed by atoms with Gasteiger partial charge in [0.25, 0.3) is 0 Å². The Kier molecular flexibility index (Phi) is 5.09. The Morgan fingerprint density at radius 3 is 2.40 bits per heavy atom. The first kappa shape index (κ1) is 16.7. The van der Waals surface area contributed by atoms with Gasteiger partial charge >= 0.3 is 5.56 Å². The minimum Gasteiger partial charge on any atom is -0.855 e. The smallest absolute Gasteiger partial charge is 0.406 e. The summed E-state index contributed by atoms with van der Waals surface area (Å²) in [6.45, 7) is 2.61. The first-order valence-electron chi connectivity index (χ1n) is 8.32. The maximum Gasteiger partial charge on any atom is 0.406 e. The Hall–Kier alpha value is -3.15. The van der Waals surface area contributed by atoms with Crippen LogP contribution < -0.4 is 15.3 Å². The van der Waals surface area contributed by atoms with Gasteiger partial charge in [-0.2, -0.15) is 4.68 Å². The normalized spacial score (nSPS) is 11.6. The third-order valence-corrected chi connectivity index (χ3v) is 3.84. The number of unbranched alkanes of at least 4 members (excludes halogenated alkanes) is 1. The maximum absolute atomic E-state index is 12.8. The molecule has 25 heavy (non-hydrogen) atoms. The first-order valence-corrected chi connectivity index (χ1v) is 8.32. The topological polar surface area (TPSA) is 77.1 Å². The van der Waals surface area contributed by atoms with Crippen LogP contribution in [0.25, 0.3) is 5.69 Å². The molecule has 0 fully saturated rings. The highest BCUT2D eigenvalue weighted by molar-refractivity contribution is 5.88. The number of H-pyrrole nitrogens is 1. The molecule has 0 radical (unpaired) electrons. The molecule has 1 N–H and O–H groups in total. The first-order chi connectivity index (χ1) is 12.2. The Balaban J connectivity index is 2.09. The molecule has 1 heterocycles. The number of aliphatic imine (C=N–C) groups is 1. The number of aromatic amines is 1. The summed E-state index contributed by atoms with van der Waals surface area (Å²) in [5.41, 5.74) is 0.853. The predicted molar refractivity (Wildman–Crippen MR) is 94.1 cm³/mol. The van der Waals surface area contributed by atoms with E-state index in [2.05, 4.69) is 17.1 Å². The van der Waals surface area contributed by atoms with E-state index >= 15 is 0 Å². The van der Waals surface area contributed by atoms with Crippen molar-refractivity contribution >= 4 is 11.6 Å². The summed E-state index contributed by atoms with van der Waals surface area (Å²) in [6, 6.07) is 18.1. The lowest BCUT2D eigenvalue weighted by molar-refractivity contribution is -0.757. The van der Waals surface area contributed by atoms with Crippen LogP contribution in [0.15, 0.2) is 70.5 Å². The molecule has 0 unspecified atom stereocenters. The summed E-state index contributed by atoms with van der Waals surface area (Å²) in [4.78, 5) is 16.9. The van der Waals surface area contributed by atoms with Gasteiger partial charge in [-0.15, -0.1) is 0 Å². The van der Waals surface area contributed by atoms with Crippen molar-refractivity contribution in [2.24, 2.45) is 4.99 Å². The van der Waals surface area contributed by atoms with E-state index in [1.807, 2.05) is 36.4 Å². The summed E-state index contributed by atoms with van der Waals surface area (Å²) < 4.78 is 2.97.